The Morgan fingerprint density at radius 2 is 1.70 bits per heavy atom. The highest BCUT2D eigenvalue weighted by molar-refractivity contribution is 6.35. The molecule has 1 aromatic rings. The van der Waals surface area contributed by atoms with E-state index < -0.39 is 11.8 Å². The molecule has 0 fully saturated rings. The van der Waals surface area contributed by atoms with Gasteiger partial charge in [0.15, 0.2) is 0 Å². The fourth-order valence-electron chi connectivity index (χ4n) is 2.30. The second kappa shape index (κ2) is 10.7. The summed E-state index contributed by atoms with van der Waals surface area (Å²) in [5, 5.41) is 2.71. The molecular formula is C17H28N4O2. The van der Waals surface area contributed by atoms with Crippen molar-refractivity contribution < 1.29 is 9.59 Å². The van der Waals surface area contributed by atoms with Crippen LogP contribution in [0.5, 0.6) is 0 Å². The smallest absolute Gasteiger partial charge is 0.311 e. The van der Waals surface area contributed by atoms with Gasteiger partial charge in [-0.3, -0.25) is 14.6 Å². The molecule has 6 nitrogen and oxygen atoms in total. The summed E-state index contributed by atoms with van der Waals surface area (Å²) in [6.07, 6.45) is 4.18. The Balaban J connectivity index is 2.41. The minimum absolute atomic E-state index is 0.457. The van der Waals surface area contributed by atoms with Crippen molar-refractivity contribution in [1.29, 1.82) is 0 Å². The Hall–Kier alpha value is -1.95. The third-order valence-electron chi connectivity index (χ3n) is 3.89. The van der Waals surface area contributed by atoms with Gasteiger partial charge in [0.1, 0.15) is 0 Å². The van der Waals surface area contributed by atoms with Gasteiger partial charge in [0.05, 0.1) is 0 Å². The fourth-order valence-corrected chi connectivity index (χ4v) is 2.30. The Labute approximate surface area is 138 Å². The van der Waals surface area contributed by atoms with Gasteiger partial charge >= 0.3 is 11.8 Å². The van der Waals surface area contributed by atoms with Crippen LogP contribution in [0.2, 0.25) is 0 Å². The molecule has 1 N–H and O–H groups in total. The van der Waals surface area contributed by atoms with Crippen LogP contribution in [0.4, 0.5) is 0 Å². The molecule has 1 rings (SSSR count). The summed E-state index contributed by atoms with van der Waals surface area (Å²) in [5.74, 6) is -0.977. The van der Waals surface area contributed by atoms with Gasteiger partial charge < -0.3 is 15.1 Å². The van der Waals surface area contributed by atoms with Gasteiger partial charge in [-0.25, -0.2) is 0 Å². The maximum atomic E-state index is 12.2. The van der Waals surface area contributed by atoms with Gasteiger partial charge in [0.25, 0.3) is 0 Å². The normalized spacial score (nSPS) is 10.6. The van der Waals surface area contributed by atoms with E-state index in [0.717, 1.165) is 31.6 Å². The van der Waals surface area contributed by atoms with Crippen LogP contribution < -0.4 is 5.32 Å². The van der Waals surface area contributed by atoms with E-state index in [0.29, 0.717) is 19.6 Å². The van der Waals surface area contributed by atoms with E-state index in [4.69, 9.17) is 0 Å². The number of likely N-dealkylation sites (N-methyl/N-ethyl adjacent to an activating group) is 2. The van der Waals surface area contributed by atoms with Crippen molar-refractivity contribution in [2.24, 2.45) is 0 Å². The SMILES string of the molecule is CCN(CC)CCNC(=O)C(=O)N(CC)CCc1ccncc1. The molecular weight excluding hydrogens is 292 g/mol. The monoisotopic (exact) mass is 320 g/mol. The van der Waals surface area contributed by atoms with Gasteiger partial charge in [-0.15, -0.1) is 0 Å². The highest BCUT2D eigenvalue weighted by Gasteiger charge is 2.20. The molecule has 2 amide bonds. The number of carbonyl (C=O) groups is 2. The minimum atomic E-state index is -0.520. The largest absolute Gasteiger partial charge is 0.347 e. The van der Waals surface area contributed by atoms with E-state index in [1.807, 2.05) is 19.1 Å². The van der Waals surface area contributed by atoms with Crippen LogP contribution in [0.1, 0.15) is 26.3 Å². The lowest BCUT2D eigenvalue weighted by Gasteiger charge is -2.21. The van der Waals surface area contributed by atoms with Crippen molar-refractivity contribution in [3.05, 3.63) is 30.1 Å². The number of rotatable bonds is 9. The molecule has 0 aliphatic heterocycles. The number of nitrogens with zero attached hydrogens (tertiary/aromatic N) is 3. The summed E-state index contributed by atoms with van der Waals surface area (Å²) in [6.45, 7) is 10.2. The van der Waals surface area contributed by atoms with E-state index in [1.54, 1.807) is 17.3 Å². The second-order valence-corrected chi connectivity index (χ2v) is 5.27. The number of carbonyl (C=O) groups excluding carboxylic acids is 2. The molecule has 0 radical (unpaired) electrons. The molecule has 1 aromatic heterocycles. The first-order valence-corrected chi connectivity index (χ1v) is 8.30. The van der Waals surface area contributed by atoms with Crippen molar-refractivity contribution in [1.82, 2.24) is 20.1 Å². The maximum Gasteiger partial charge on any atom is 0.311 e. The van der Waals surface area contributed by atoms with E-state index >= 15 is 0 Å². The summed E-state index contributed by atoms with van der Waals surface area (Å²) in [6, 6.07) is 3.84. The van der Waals surface area contributed by atoms with E-state index in [9.17, 15) is 9.59 Å². The van der Waals surface area contributed by atoms with Crippen LogP contribution in [0.25, 0.3) is 0 Å². The van der Waals surface area contributed by atoms with E-state index in [-0.39, 0.29) is 0 Å². The van der Waals surface area contributed by atoms with Crippen LogP contribution in [-0.2, 0) is 16.0 Å². The predicted octanol–water partition coefficient (Wildman–Crippen LogP) is 0.931. The van der Waals surface area contributed by atoms with Crippen LogP contribution in [-0.4, -0.2) is 65.9 Å². The molecule has 128 valence electrons. The number of aromatic nitrogens is 1. The first kappa shape index (κ1) is 19.1. The summed E-state index contributed by atoms with van der Waals surface area (Å²) in [7, 11) is 0. The van der Waals surface area contributed by atoms with Gasteiger partial charge in [-0.1, -0.05) is 13.8 Å². The third-order valence-corrected chi connectivity index (χ3v) is 3.89. The minimum Gasteiger partial charge on any atom is -0.347 e. The standard InChI is InChI=1S/C17H28N4O2/c1-4-20(5-2)14-12-19-16(22)17(23)21(6-3)13-9-15-7-10-18-11-8-15/h7-8,10-11H,4-6,9,12-14H2,1-3H3,(H,19,22). The van der Waals surface area contributed by atoms with Gasteiger partial charge in [-0.05, 0) is 44.1 Å². The van der Waals surface area contributed by atoms with Crippen LogP contribution in [0.15, 0.2) is 24.5 Å². The Morgan fingerprint density at radius 3 is 2.26 bits per heavy atom. The topological polar surface area (TPSA) is 65.5 Å². The number of pyridine rings is 1. The number of hydrogen-bond donors (Lipinski definition) is 1. The van der Waals surface area contributed by atoms with E-state index in [1.165, 1.54) is 0 Å². The lowest BCUT2D eigenvalue weighted by atomic mass is 10.2. The number of hydrogen-bond acceptors (Lipinski definition) is 4. The Bertz CT molecular complexity index is 475. The molecule has 0 spiro atoms. The molecule has 0 aliphatic rings. The van der Waals surface area contributed by atoms with Crippen molar-refractivity contribution in [3.8, 4) is 0 Å². The number of amides is 2. The molecule has 6 heteroatoms. The van der Waals surface area contributed by atoms with Gasteiger partial charge in [-0.2, -0.15) is 0 Å². The zero-order valence-corrected chi connectivity index (χ0v) is 14.4. The fraction of sp³-hybridized carbons (Fsp3) is 0.588. The highest BCUT2D eigenvalue weighted by Crippen LogP contribution is 2.00. The van der Waals surface area contributed by atoms with Crippen LogP contribution in [0, 0.1) is 0 Å². The van der Waals surface area contributed by atoms with Crippen molar-refractivity contribution in [2.45, 2.75) is 27.2 Å². The van der Waals surface area contributed by atoms with Crippen molar-refractivity contribution in [3.63, 3.8) is 0 Å². The second-order valence-electron chi connectivity index (χ2n) is 5.27. The Kier molecular flexibility index (Phi) is 8.90. The molecule has 23 heavy (non-hydrogen) atoms. The van der Waals surface area contributed by atoms with Crippen LogP contribution >= 0.6 is 0 Å². The summed E-state index contributed by atoms with van der Waals surface area (Å²) in [5.41, 5.74) is 1.10. The summed E-state index contributed by atoms with van der Waals surface area (Å²) in [4.78, 5) is 31.9. The predicted molar refractivity (Wildman–Crippen MR) is 91.0 cm³/mol. The van der Waals surface area contributed by atoms with Crippen molar-refractivity contribution in [2.75, 3.05) is 39.3 Å². The molecule has 0 aromatic carbocycles. The number of nitrogens with one attached hydrogen (secondary N) is 1. The highest BCUT2D eigenvalue weighted by atomic mass is 16.2. The average molecular weight is 320 g/mol. The van der Waals surface area contributed by atoms with Crippen molar-refractivity contribution >= 4 is 11.8 Å². The summed E-state index contributed by atoms with van der Waals surface area (Å²) < 4.78 is 0. The van der Waals surface area contributed by atoms with E-state index in [2.05, 4.69) is 29.0 Å². The third kappa shape index (κ3) is 6.78. The zero-order valence-electron chi connectivity index (χ0n) is 14.4. The summed E-state index contributed by atoms with van der Waals surface area (Å²) >= 11 is 0. The molecule has 0 unspecified atom stereocenters. The lowest BCUT2D eigenvalue weighted by Crippen LogP contribution is -2.45. The molecule has 0 atom stereocenters. The molecule has 0 saturated heterocycles. The zero-order chi connectivity index (χ0) is 17.1. The molecule has 0 aliphatic carbocycles. The maximum absolute atomic E-state index is 12.2. The Morgan fingerprint density at radius 1 is 1.04 bits per heavy atom. The van der Waals surface area contributed by atoms with Crippen LogP contribution in [0.3, 0.4) is 0 Å². The van der Waals surface area contributed by atoms with Gasteiger partial charge in [0, 0.05) is 38.6 Å². The molecule has 1 heterocycles. The molecule has 0 saturated carbocycles. The first-order chi connectivity index (χ1) is 11.1. The quantitative estimate of drug-likeness (QED) is 0.688. The first-order valence-electron chi connectivity index (χ1n) is 8.30. The van der Waals surface area contributed by atoms with Gasteiger partial charge in [0.2, 0.25) is 0 Å². The molecule has 0 bridgehead atoms. The lowest BCUT2D eigenvalue weighted by molar-refractivity contribution is -0.145. The average Bonchev–Trinajstić information content (AvgIpc) is 2.59.